The summed E-state index contributed by atoms with van der Waals surface area (Å²) in [7, 11) is 0. The molecule has 0 aromatic rings. The van der Waals surface area contributed by atoms with Crippen molar-refractivity contribution in [3.05, 3.63) is 0 Å². The Bertz CT molecular complexity index is 279. The quantitative estimate of drug-likeness (QED) is 0.694. The van der Waals surface area contributed by atoms with Crippen molar-refractivity contribution < 1.29 is 9.59 Å². The van der Waals surface area contributed by atoms with Crippen LogP contribution in [0.3, 0.4) is 0 Å². The molecule has 0 saturated carbocycles. The third kappa shape index (κ3) is 4.34. The predicted octanol–water partition coefficient (Wildman–Crippen LogP) is 0.112. The number of likely N-dealkylation sites (N-methyl/N-ethyl adjacent to an activating group) is 1. The van der Waals surface area contributed by atoms with Crippen molar-refractivity contribution in [1.29, 1.82) is 0 Å². The molecule has 1 atom stereocenters. The Morgan fingerprint density at radius 2 is 2.24 bits per heavy atom. The molecule has 1 saturated heterocycles. The maximum atomic E-state index is 11.9. The maximum Gasteiger partial charge on any atom is 0.239 e. The minimum Gasteiger partial charge on any atom is -0.354 e. The van der Waals surface area contributed by atoms with Crippen LogP contribution < -0.4 is 10.6 Å². The van der Waals surface area contributed by atoms with Crippen LogP contribution in [0.25, 0.3) is 0 Å². The molecule has 0 aromatic carbocycles. The van der Waals surface area contributed by atoms with Gasteiger partial charge in [0.1, 0.15) is 0 Å². The largest absolute Gasteiger partial charge is 0.354 e. The average Bonchev–Trinajstić information content (AvgIpc) is 2.57. The first-order valence-corrected chi connectivity index (χ1v) is 6.36. The third-order valence-corrected chi connectivity index (χ3v) is 2.81. The van der Waals surface area contributed by atoms with Crippen LogP contribution >= 0.6 is 0 Å². The summed E-state index contributed by atoms with van der Waals surface area (Å²) in [5, 5.41) is 5.98. The van der Waals surface area contributed by atoms with Crippen LogP contribution in [0.4, 0.5) is 0 Å². The summed E-state index contributed by atoms with van der Waals surface area (Å²) < 4.78 is 0. The van der Waals surface area contributed by atoms with E-state index in [0.29, 0.717) is 13.0 Å². The summed E-state index contributed by atoms with van der Waals surface area (Å²) in [5.41, 5.74) is 0. The van der Waals surface area contributed by atoms with Crippen LogP contribution in [0.1, 0.15) is 33.6 Å². The molecule has 1 aliphatic rings. The van der Waals surface area contributed by atoms with Crippen LogP contribution in [-0.4, -0.2) is 48.4 Å². The summed E-state index contributed by atoms with van der Waals surface area (Å²) in [6, 6.07) is 0.111. The van der Waals surface area contributed by atoms with Crippen LogP contribution in [0.15, 0.2) is 0 Å². The minimum atomic E-state index is -0.0480. The van der Waals surface area contributed by atoms with Crippen molar-refractivity contribution in [2.24, 2.45) is 0 Å². The summed E-state index contributed by atoms with van der Waals surface area (Å²) in [6.07, 6.45) is 1.24. The number of likely N-dealkylation sites (tertiary alicyclic amines) is 1. The molecule has 0 aliphatic carbocycles. The zero-order valence-corrected chi connectivity index (χ0v) is 11.0. The molecule has 0 aromatic heterocycles. The molecule has 1 rings (SSSR count). The highest BCUT2D eigenvalue weighted by atomic mass is 16.2. The van der Waals surface area contributed by atoms with Gasteiger partial charge in [0.25, 0.3) is 0 Å². The van der Waals surface area contributed by atoms with E-state index in [1.165, 1.54) is 0 Å². The van der Waals surface area contributed by atoms with Gasteiger partial charge in [0.15, 0.2) is 0 Å². The Morgan fingerprint density at radius 3 is 2.82 bits per heavy atom. The van der Waals surface area contributed by atoms with Gasteiger partial charge >= 0.3 is 0 Å². The summed E-state index contributed by atoms with van der Waals surface area (Å²) in [6.45, 7) is 7.94. The van der Waals surface area contributed by atoms with Gasteiger partial charge in [0.05, 0.1) is 6.04 Å². The lowest BCUT2D eigenvalue weighted by atomic mass is 10.2. The third-order valence-electron chi connectivity index (χ3n) is 2.81. The van der Waals surface area contributed by atoms with Crippen LogP contribution in [0.2, 0.25) is 0 Å². The van der Waals surface area contributed by atoms with Gasteiger partial charge in [-0.1, -0.05) is 6.92 Å². The Kier molecular flexibility index (Phi) is 5.41. The maximum absolute atomic E-state index is 11.9. The molecule has 2 N–H and O–H groups in total. The van der Waals surface area contributed by atoms with Crippen LogP contribution in [-0.2, 0) is 9.59 Å². The zero-order chi connectivity index (χ0) is 12.8. The number of carbonyl (C=O) groups is 2. The molecule has 5 nitrogen and oxygen atoms in total. The number of amides is 2. The van der Waals surface area contributed by atoms with E-state index >= 15 is 0 Å². The fourth-order valence-electron chi connectivity index (χ4n) is 2.03. The number of nitrogens with zero attached hydrogens (tertiary/aromatic N) is 1. The van der Waals surface area contributed by atoms with E-state index in [9.17, 15) is 9.59 Å². The van der Waals surface area contributed by atoms with E-state index in [4.69, 9.17) is 0 Å². The van der Waals surface area contributed by atoms with Crippen molar-refractivity contribution in [3.63, 3.8) is 0 Å². The highest BCUT2D eigenvalue weighted by Crippen LogP contribution is 2.11. The van der Waals surface area contributed by atoms with Crippen molar-refractivity contribution in [3.8, 4) is 0 Å². The second-order valence-electron chi connectivity index (χ2n) is 4.70. The van der Waals surface area contributed by atoms with E-state index in [2.05, 4.69) is 10.6 Å². The fraction of sp³-hybridized carbons (Fsp3) is 0.833. The highest BCUT2D eigenvalue weighted by Gasteiger charge is 2.30. The molecular formula is C12H23N3O2. The van der Waals surface area contributed by atoms with E-state index < -0.39 is 0 Å². The molecule has 1 aliphatic heterocycles. The van der Waals surface area contributed by atoms with E-state index in [-0.39, 0.29) is 23.9 Å². The normalized spacial score (nSPS) is 20.1. The van der Waals surface area contributed by atoms with Gasteiger partial charge in [-0.2, -0.15) is 0 Å². The molecule has 2 amide bonds. The van der Waals surface area contributed by atoms with Gasteiger partial charge in [-0.15, -0.1) is 0 Å². The molecule has 1 fully saturated rings. The molecule has 5 heteroatoms. The average molecular weight is 241 g/mol. The van der Waals surface area contributed by atoms with E-state index in [1.807, 2.05) is 20.8 Å². The molecule has 98 valence electrons. The Balaban J connectivity index is 2.29. The van der Waals surface area contributed by atoms with Gasteiger partial charge in [0.2, 0.25) is 11.8 Å². The van der Waals surface area contributed by atoms with Gasteiger partial charge in [0, 0.05) is 25.6 Å². The Labute approximate surface area is 103 Å². The van der Waals surface area contributed by atoms with Crippen molar-refractivity contribution >= 4 is 11.8 Å². The summed E-state index contributed by atoms with van der Waals surface area (Å²) in [5.74, 6) is 0.142. The Hall–Kier alpha value is -1.10. The molecule has 0 radical (unpaired) electrons. The van der Waals surface area contributed by atoms with Gasteiger partial charge in [-0.25, -0.2) is 0 Å². The second-order valence-corrected chi connectivity index (χ2v) is 4.70. The standard InChI is InChI=1S/C12H23N3O2/c1-4-13-10-5-7-15(12(10)17)8-6-11(16)14-9(2)3/h9-10,13H,4-8H2,1-3H3,(H,14,16). The van der Waals surface area contributed by atoms with Crippen molar-refractivity contribution in [2.45, 2.75) is 45.7 Å². The molecular weight excluding hydrogens is 218 g/mol. The summed E-state index contributed by atoms with van der Waals surface area (Å²) >= 11 is 0. The fourth-order valence-corrected chi connectivity index (χ4v) is 2.03. The smallest absolute Gasteiger partial charge is 0.239 e. The second kappa shape index (κ2) is 6.59. The van der Waals surface area contributed by atoms with E-state index in [0.717, 1.165) is 19.5 Å². The predicted molar refractivity (Wildman–Crippen MR) is 66.6 cm³/mol. The number of nitrogens with one attached hydrogen (secondary N) is 2. The van der Waals surface area contributed by atoms with Crippen molar-refractivity contribution in [2.75, 3.05) is 19.6 Å². The minimum absolute atomic E-state index is 0.0136. The van der Waals surface area contributed by atoms with Crippen LogP contribution in [0, 0.1) is 0 Å². The van der Waals surface area contributed by atoms with Crippen LogP contribution in [0.5, 0.6) is 0 Å². The van der Waals surface area contributed by atoms with Crippen molar-refractivity contribution in [1.82, 2.24) is 15.5 Å². The lowest BCUT2D eigenvalue weighted by Gasteiger charge is -2.17. The first-order valence-electron chi connectivity index (χ1n) is 6.36. The van der Waals surface area contributed by atoms with Gasteiger partial charge in [-0.3, -0.25) is 9.59 Å². The topological polar surface area (TPSA) is 61.4 Å². The highest BCUT2D eigenvalue weighted by molar-refractivity contribution is 5.84. The zero-order valence-electron chi connectivity index (χ0n) is 11.0. The number of rotatable bonds is 6. The molecule has 1 unspecified atom stereocenters. The van der Waals surface area contributed by atoms with Gasteiger partial charge < -0.3 is 15.5 Å². The molecule has 0 bridgehead atoms. The number of hydrogen-bond donors (Lipinski definition) is 2. The van der Waals surface area contributed by atoms with E-state index in [1.54, 1.807) is 4.90 Å². The lowest BCUT2D eigenvalue weighted by Crippen LogP contribution is -2.40. The summed E-state index contributed by atoms with van der Waals surface area (Å²) in [4.78, 5) is 25.1. The molecule has 17 heavy (non-hydrogen) atoms. The number of hydrogen-bond acceptors (Lipinski definition) is 3. The SMILES string of the molecule is CCNC1CCN(CCC(=O)NC(C)C)C1=O. The Morgan fingerprint density at radius 1 is 1.53 bits per heavy atom. The monoisotopic (exact) mass is 241 g/mol. The first kappa shape index (κ1) is 14.0. The molecule has 0 spiro atoms. The molecule has 1 heterocycles. The van der Waals surface area contributed by atoms with Gasteiger partial charge in [-0.05, 0) is 26.8 Å². The first-order chi connectivity index (χ1) is 8.04. The number of carbonyl (C=O) groups excluding carboxylic acids is 2. The lowest BCUT2D eigenvalue weighted by molar-refractivity contribution is -0.130.